The Balaban J connectivity index is 1.48. The quantitative estimate of drug-likeness (QED) is 0.795. The van der Waals surface area contributed by atoms with Crippen LogP contribution < -0.4 is 5.32 Å². The van der Waals surface area contributed by atoms with E-state index in [-0.39, 0.29) is 23.5 Å². The molecule has 0 aliphatic carbocycles. The van der Waals surface area contributed by atoms with Gasteiger partial charge in [-0.2, -0.15) is 0 Å². The summed E-state index contributed by atoms with van der Waals surface area (Å²) >= 11 is 0. The number of nitrogens with zero attached hydrogens (tertiary/aromatic N) is 2. The van der Waals surface area contributed by atoms with Gasteiger partial charge in [-0.1, -0.05) is 18.2 Å². The minimum atomic E-state index is -1.01. The van der Waals surface area contributed by atoms with Crippen molar-refractivity contribution in [3.8, 4) is 0 Å². The maximum Gasteiger partial charge on any atom is 0.335 e. The number of aromatic carboxylic acids is 1. The van der Waals surface area contributed by atoms with E-state index in [0.717, 1.165) is 49.2 Å². The number of benzene rings is 2. The average molecular weight is 423 g/mol. The number of nitrogens with one attached hydrogen (secondary N) is 1. The topological polar surface area (TPSA) is 72.9 Å². The van der Waals surface area contributed by atoms with E-state index in [1.54, 1.807) is 29.2 Å². The van der Waals surface area contributed by atoms with Gasteiger partial charge in [0.1, 0.15) is 5.82 Å². The molecule has 3 saturated heterocycles. The molecule has 2 atom stereocenters. The first kappa shape index (κ1) is 20.0. The Bertz CT molecular complexity index is 1000. The molecule has 4 aliphatic rings. The van der Waals surface area contributed by atoms with Crippen molar-refractivity contribution in [2.24, 2.45) is 5.92 Å². The lowest BCUT2D eigenvalue weighted by atomic mass is 9.84. The second kappa shape index (κ2) is 7.96. The van der Waals surface area contributed by atoms with Crippen molar-refractivity contribution in [2.75, 3.05) is 26.2 Å². The highest BCUT2D eigenvalue weighted by molar-refractivity contribution is 5.88. The van der Waals surface area contributed by atoms with Gasteiger partial charge in [0, 0.05) is 19.1 Å². The number of amides is 2. The molecular weight excluding hydrogens is 397 g/mol. The van der Waals surface area contributed by atoms with E-state index in [4.69, 9.17) is 0 Å². The summed E-state index contributed by atoms with van der Waals surface area (Å²) in [6.07, 6.45) is 2.87. The Hall–Kier alpha value is -2.93. The Morgan fingerprint density at radius 2 is 1.77 bits per heavy atom. The van der Waals surface area contributed by atoms with E-state index >= 15 is 0 Å². The predicted molar refractivity (Wildman–Crippen MR) is 114 cm³/mol. The molecule has 2 bridgehead atoms. The van der Waals surface area contributed by atoms with E-state index < -0.39 is 12.0 Å². The average Bonchev–Trinajstić information content (AvgIpc) is 2.79. The smallest absolute Gasteiger partial charge is 0.335 e. The van der Waals surface area contributed by atoms with Gasteiger partial charge in [0.05, 0.1) is 11.6 Å². The van der Waals surface area contributed by atoms with Crippen LogP contribution in [0.25, 0.3) is 0 Å². The minimum absolute atomic E-state index is 0.135. The number of carbonyl (C=O) groups excluding carboxylic acids is 1. The molecule has 6 rings (SSSR count). The van der Waals surface area contributed by atoms with Crippen molar-refractivity contribution in [2.45, 2.75) is 31.3 Å². The van der Waals surface area contributed by atoms with Gasteiger partial charge < -0.3 is 20.2 Å². The maximum atomic E-state index is 13.6. The van der Waals surface area contributed by atoms with Gasteiger partial charge >= 0.3 is 12.0 Å². The highest BCUT2D eigenvalue weighted by atomic mass is 19.1. The van der Waals surface area contributed by atoms with E-state index in [1.165, 1.54) is 12.1 Å². The number of hydrogen-bond donors (Lipinski definition) is 2. The summed E-state index contributed by atoms with van der Waals surface area (Å²) in [4.78, 5) is 29.2. The summed E-state index contributed by atoms with van der Waals surface area (Å²) in [7, 11) is 0. The number of carboxylic acids is 1. The third-order valence-electron chi connectivity index (χ3n) is 7.03. The molecule has 0 unspecified atom stereocenters. The summed E-state index contributed by atoms with van der Waals surface area (Å²) < 4.78 is 13.6. The molecule has 0 saturated carbocycles. The Kier molecular flexibility index (Phi) is 5.14. The third-order valence-corrected chi connectivity index (χ3v) is 7.03. The summed E-state index contributed by atoms with van der Waals surface area (Å²) in [5, 5.41) is 12.7. The minimum Gasteiger partial charge on any atom is -0.478 e. The van der Waals surface area contributed by atoms with Gasteiger partial charge in [-0.25, -0.2) is 14.0 Å². The fraction of sp³-hybridized carbons (Fsp3) is 0.417. The molecule has 4 heterocycles. The Labute approximate surface area is 180 Å². The van der Waals surface area contributed by atoms with Crippen LogP contribution in [0.1, 0.15) is 45.9 Å². The van der Waals surface area contributed by atoms with Crippen molar-refractivity contribution in [1.29, 1.82) is 0 Å². The molecule has 2 aromatic rings. The van der Waals surface area contributed by atoms with Gasteiger partial charge in [-0.15, -0.1) is 0 Å². The summed E-state index contributed by atoms with van der Waals surface area (Å²) in [6, 6.07) is 10.7. The Morgan fingerprint density at radius 3 is 2.42 bits per heavy atom. The summed E-state index contributed by atoms with van der Waals surface area (Å²) in [5.74, 6) is -0.842. The molecule has 31 heavy (non-hydrogen) atoms. The van der Waals surface area contributed by atoms with Crippen LogP contribution >= 0.6 is 0 Å². The zero-order chi connectivity index (χ0) is 21.5. The van der Waals surface area contributed by atoms with Gasteiger partial charge in [0.25, 0.3) is 0 Å². The first-order chi connectivity index (χ1) is 15.0. The maximum absolute atomic E-state index is 13.6. The number of hydrogen-bond acceptors (Lipinski definition) is 3. The number of halogens is 1. The standard InChI is InChI=1S/C24H26FN3O3/c25-19-5-3-17(4-6-19)22-20-13-18(23(29)30)2-1-15(20)9-12-28(22)24(31)26-21-14-27-10-7-16(21)8-11-27/h1-6,13,16,21-22H,7-12,14H2,(H,26,31)(H,29,30)/t21-,22+/m1/s1. The predicted octanol–water partition coefficient (Wildman–Crippen LogP) is 3.28. The number of piperidine rings is 3. The van der Waals surface area contributed by atoms with Crippen molar-refractivity contribution < 1.29 is 19.1 Å². The number of urea groups is 1. The van der Waals surface area contributed by atoms with Crippen molar-refractivity contribution in [3.63, 3.8) is 0 Å². The van der Waals surface area contributed by atoms with E-state index in [0.29, 0.717) is 18.9 Å². The molecule has 0 radical (unpaired) electrons. The lowest BCUT2D eigenvalue weighted by Crippen LogP contribution is -2.59. The first-order valence-corrected chi connectivity index (χ1v) is 10.9. The number of rotatable bonds is 3. The first-order valence-electron chi connectivity index (χ1n) is 10.9. The third kappa shape index (κ3) is 3.78. The van der Waals surface area contributed by atoms with Crippen LogP contribution in [0.15, 0.2) is 42.5 Å². The zero-order valence-electron chi connectivity index (χ0n) is 17.3. The molecular formula is C24H26FN3O3. The van der Waals surface area contributed by atoms with Gasteiger partial charge in [-0.3, -0.25) is 0 Å². The van der Waals surface area contributed by atoms with Crippen LogP contribution in [0.3, 0.4) is 0 Å². The van der Waals surface area contributed by atoms with Crippen LogP contribution in [0, 0.1) is 11.7 Å². The molecule has 0 spiro atoms. The van der Waals surface area contributed by atoms with Gasteiger partial charge in [0.2, 0.25) is 0 Å². The van der Waals surface area contributed by atoms with Crippen LogP contribution in [0.2, 0.25) is 0 Å². The SMILES string of the molecule is O=C(O)c1ccc2c(c1)[C@H](c1ccc(F)cc1)N(C(=O)N[C@@H]1CN3CCC1CC3)CC2. The van der Waals surface area contributed by atoms with E-state index in [1.807, 2.05) is 6.07 Å². The Morgan fingerprint density at radius 1 is 1.03 bits per heavy atom. The van der Waals surface area contributed by atoms with Crippen LogP contribution in [0.4, 0.5) is 9.18 Å². The lowest BCUT2D eigenvalue weighted by Gasteiger charge is -2.46. The van der Waals surface area contributed by atoms with Crippen molar-refractivity contribution in [3.05, 3.63) is 70.5 Å². The highest BCUT2D eigenvalue weighted by Crippen LogP contribution is 2.36. The molecule has 2 amide bonds. The number of fused-ring (bicyclic) bond motifs is 4. The molecule has 2 aromatic carbocycles. The molecule has 0 aromatic heterocycles. The second-order valence-electron chi connectivity index (χ2n) is 8.81. The van der Waals surface area contributed by atoms with Gasteiger partial charge in [0.15, 0.2) is 0 Å². The van der Waals surface area contributed by atoms with Gasteiger partial charge in [-0.05, 0) is 79.2 Å². The van der Waals surface area contributed by atoms with Crippen LogP contribution in [0.5, 0.6) is 0 Å². The fourth-order valence-corrected chi connectivity index (χ4v) is 5.34. The number of carbonyl (C=O) groups is 2. The largest absolute Gasteiger partial charge is 0.478 e. The van der Waals surface area contributed by atoms with Crippen LogP contribution in [-0.2, 0) is 6.42 Å². The summed E-state index contributed by atoms with van der Waals surface area (Å²) in [6.45, 7) is 3.61. The molecule has 6 nitrogen and oxygen atoms in total. The van der Waals surface area contributed by atoms with Crippen molar-refractivity contribution >= 4 is 12.0 Å². The molecule has 4 aliphatic heterocycles. The van der Waals surface area contributed by atoms with Crippen LogP contribution in [-0.4, -0.2) is 59.1 Å². The van der Waals surface area contributed by atoms with E-state index in [9.17, 15) is 19.1 Å². The highest BCUT2D eigenvalue weighted by Gasteiger charge is 2.38. The summed E-state index contributed by atoms with van der Waals surface area (Å²) in [5.41, 5.74) is 2.77. The normalized spacial score (nSPS) is 26.9. The number of carboxylic acid groups (broad SMARTS) is 1. The van der Waals surface area contributed by atoms with Crippen molar-refractivity contribution in [1.82, 2.24) is 15.1 Å². The second-order valence-corrected chi connectivity index (χ2v) is 8.81. The molecule has 162 valence electrons. The fourth-order valence-electron chi connectivity index (χ4n) is 5.34. The monoisotopic (exact) mass is 423 g/mol. The lowest BCUT2D eigenvalue weighted by molar-refractivity contribution is 0.0696. The molecule has 7 heteroatoms. The molecule has 3 fully saturated rings. The van der Waals surface area contributed by atoms with E-state index in [2.05, 4.69) is 10.2 Å². The molecule has 2 N–H and O–H groups in total. The zero-order valence-corrected chi connectivity index (χ0v) is 17.3.